The minimum absolute atomic E-state index is 0.110. The Hall–Kier alpha value is -2.29. The SMILES string of the molecule is COc1ccc2ncc(CO)c([C@H](F)CCC3(C(=O)NO)CCN(CCC4CCCCC4)CC3)c2c1. The molecule has 2 heterocycles. The number of alkyl halides is 1. The first-order valence-electron chi connectivity index (χ1n) is 13.4. The number of likely N-dealkylation sites (tertiary alicyclic amines) is 1. The smallest absolute Gasteiger partial charge is 0.249 e. The van der Waals surface area contributed by atoms with Crippen molar-refractivity contribution >= 4 is 16.8 Å². The summed E-state index contributed by atoms with van der Waals surface area (Å²) >= 11 is 0. The highest BCUT2D eigenvalue weighted by Crippen LogP contribution is 2.41. The van der Waals surface area contributed by atoms with E-state index in [-0.39, 0.29) is 13.0 Å². The van der Waals surface area contributed by atoms with Crippen LogP contribution in [-0.2, 0) is 11.4 Å². The van der Waals surface area contributed by atoms with Crippen LogP contribution in [0.25, 0.3) is 10.9 Å². The van der Waals surface area contributed by atoms with E-state index in [4.69, 9.17) is 4.74 Å². The molecule has 7 nitrogen and oxygen atoms in total. The van der Waals surface area contributed by atoms with Crippen LogP contribution in [0.15, 0.2) is 24.4 Å². The van der Waals surface area contributed by atoms with Crippen molar-refractivity contribution in [2.45, 2.75) is 77.0 Å². The molecule has 0 unspecified atom stereocenters. The van der Waals surface area contributed by atoms with Gasteiger partial charge in [0.15, 0.2) is 0 Å². The molecule has 2 aromatic rings. The maximum Gasteiger partial charge on any atom is 0.249 e. The largest absolute Gasteiger partial charge is 0.497 e. The number of benzene rings is 1. The fourth-order valence-corrected chi connectivity index (χ4v) is 6.16. The third kappa shape index (κ3) is 5.98. The monoisotopic (exact) mass is 501 g/mol. The number of amides is 1. The summed E-state index contributed by atoms with van der Waals surface area (Å²) in [5, 5.41) is 20.0. The number of carbonyl (C=O) groups is 1. The lowest BCUT2D eigenvalue weighted by atomic mass is 9.73. The van der Waals surface area contributed by atoms with Crippen molar-refractivity contribution in [2.24, 2.45) is 11.3 Å². The summed E-state index contributed by atoms with van der Waals surface area (Å²) in [6.07, 6.45) is 9.62. The molecule has 1 aliphatic heterocycles. The number of nitrogens with zero attached hydrogens (tertiary/aromatic N) is 2. The van der Waals surface area contributed by atoms with E-state index in [2.05, 4.69) is 9.88 Å². The molecule has 1 aliphatic carbocycles. The van der Waals surface area contributed by atoms with E-state index in [0.717, 1.165) is 25.6 Å². The van der Waals surface area contributed by atoms with Gasteiger partial charge in [0.1, 0.15) is 11.9 Å². The van der Waals surface area contributed by atoms with Crippen molar-refractivity contribution in [3.05, 3.63) is 35.5 Å². The van der Waals surface area contributed by atoms with Gasteiger partial charge in [-0.2, -0.15) is 0 Å². The van der Waals surface area contributed by atoms with Gasteiger partial charge in [0.2, 0.25) is 5.91 Å². The molecule has 1 saturated carbocycles. The number of aliphatic hydroxyl groups is 1. The van der Waals surface area contributed by atoms with Gasteiger partial charge in [-0.3, -0.25) is 15.0 Å². The van der Waals surface area contributed by atoms with Crippen LogP contribution in [0.4, 0.5) is 4.39 Å². The van der Waals surface area contributed by atoms with Crippen molar-refractivity contribution in [3.8, 4) is 5.75 Å². The number of nitrogens with one attached hydrogen (secondary N) is 1. The zero-order chi connectivity index (χ0) is 25.5. The highest BCUT2D eigenvalue weighted by molar-refractivity contribution is 5.85. The standard InChI is InChI=1S/C28H40FN3O4/c1-36-22-7-8-25-23(17-22)26(21(19-33)18-30-25)24(29)9-11-28(27(34)31-35)12-15-32(16-13-28)14-10-20-5-3-2-4-6-20/h7-8,17-18,20,24,33,35H,2-6,9-16,19H2,1H3,(H,31,34)/t24-/m1/s1. The Morgan fingerprint density at radius 3 is 2.69 bits per heavy atom. The summed E-state index contributed by atoms with van der Waals surface area (Å²) in [4.78, 5) is 19.6. The number of pyridine rings is 1. The molecule has 0 spiro atoms. The second kappa shape index (κ2) is 12.3. The van der Waals surface area contributed by atoms with Crippen molar-refractivity contribution in [1.29, 1.82) is 0 Å². The number of fused-ring (bicyclic) bond motifs is 1. The number of rotatable bonds is 10. The third-order valence-corrected chi connectivity index (χ3v) is 8.53. The molecular weight excluding hydrogens is 461 g/mol. The Bertz CT molecular complexity index is 1010. The van der Waals surface area contributed by atoms with Gasteiger partial charge in [0.25, 0.3) is 0 Å². The number of halogens is 1. The maximum absolute atomic E-state index is 15.9. The highest BCUT2D eigenvalue weighted by Gasteiger charge is 2.41. The lowest BCUT2D eigenvalue weighted by molar-refractivity contribution is -0.143. The molecule has 8 heteroatoms. The Kier molecular flexibility index (Phi) is 9.14. The van der Waals surface area contributed by atoms with Crippen LogP contribution < -0.4 is 10.2 Å². The van der Waals surface area contributed by atoms with Gasteiger partial charge in [0, 0.05) is 22.7 Å². The second-order valence-corrected chi connectivity index (χ2v) is 10.6. The summed E-state index contributed by atoms with van der Waals surface area (Å²) < 4.78 is 21.2. The van der Waals surface area contributed by atoms with Crippen LogP contribution in [0.1, 0.15) is 81.5 Å². The summed E-state index contributed by atoms with van der Waals surface area (Å²) in [5.74, 6) is 0.975. The quantitative estimate of drug-likeness (QED) is 0.310. The van der Waals surface area contributed by atoms with Gasteiger partial charge < -0.3 is 14.7 Å². The minimum atomic E-state index is -1.39. The molecule has 1 saturated heterocycles. The fourth-order valence-electron chi connectivity index (χ4n) is 6.16. The first kappa shape index (κ1) is 26.8. The lowest BCUT2D eigenvalue weighted by Crippen LogP contribution is -2.48. The molecular formula is C28H40FN3O4. The van der Waals surface area contributed by atoms with Gasteiger partial charge in [0.05, 0.1) is 24.6 Å². The van der Waals surface area contributed by atoms with Crippen LogP contribution >= 0.6 is 0 Å². The highest BCUT2D eigenvalue weighted by atomic mass is 19.1. The van der Waals surface area contributed by atoms with E-state index < -0.39 is 17.5 Å². The molecule has 3 N–H and O–H groups in total. The fraction of sp³-hybridized carbons (Fsp3) is 0.643. The molecule has 2 aliphatic rings. The van der Waals surface area contributed by atoms with E-state index in [9.17, 15) is 15.1 Å². The Balaban J connectivity index is 1.44. The summed E-state index contributed by atoms with van der Waals surface area (Å²) in [6, 6.07) is 5.29. The number of hydrogen-bond donors (Lipinski definition) is 3. The zero-order valence-corrected chi connectivity index (χ0v) is 21.3. The molecule has 1 atom stereocenters. The van der Waals surface area contributed by atoms with Gasteiger partial charge in [-0.05, 0) is 75.9 Å². The van der Waals surface area contributed by atoms with Gasteiger partial charge in [-0.1, -0.05) is 32.1 Å². The molecule has 1 aromatic heterocycles. The third-order valence-electron chi connectivity index (χ3n) is 8.53. The molecule has 36 heavy (non-hydrogen) atoms. The Morgan fingerprint density at radius 1 is 1.28 bits per heavy atom. The number of hydrogen-bond acceptors (Lipinski definition) is 6. The van der Waals surface area contributed by atoms with E-state index in [0.29, 0.717) is 47.0 Å². The summed E-state index contributed by atoms with van der Waals surface area (Å²) in [6.45, 7) is 2.26. The Labute approximate surface area is 213 Å². The first-order chi connectivity index (χ1) is 17.5. The van der Waals surface area contributed by atoms with Crippen molar-refractivity contribution in [2.75, 3.05) is 26.7 Å². The van der Waals surface area contributed by atoms with Gasteiger partial charge in [-0.15, -0.1) is 0 Å². The van der Waals surface area contributed by atoms with E-state index in [1.807, 2.05) is 5.48 Å². The minimum Gasteiger partial charge on any atom is -0.497 e. The van der Waals surface area contributed by atoms with Crippen LogP contribution in [0.2, 0.25) is 0 Å². The Morgan fingerprint density at radius 2 is 2.03 bits per heavy atom. The van der Waals surface area contributed by atoms with Crippen molar-refractivity contribution in [1.82, 2.24) is 15.4 Å². The van der Waals surface area contributed by atoms with Crippen LogP contribution in [0.3, 0.4) is 0 Å². The average molecular weight is 502 g/mol. The van der Waals surface area contributed by atoms with Gasteiger partial charge >= 0.3 is 0 Å². The molecule has 0 radical (unpaired) electrons. The number of piperidine rings is 1. The number of ether oxygens (including phenoxy) is 1. The normalized spacial score (nSPS) is 19.8. The summed E-state index contributed by atoms with van der Waals surface area (Å²) in [5.41, 5.74) is 2.50. The zero-order valence-electron chi connectivity index (χ0n) is 21.3. The number of carbonyl (C=O) groups excluding carboxylic acids is 1. The molecule has 4 rings (SSSR count). The molecule has 198 valence electrons. The van der Waals surface area contributed by atoms with E-state index in [1.165, 1.54) is 44.7 Å². The van der Waals surface area contributed by atoms with Crippen LogP contribution in [-0.4, -0.2) is 52.8 Å². The van der Waals surface area contributed by atoms with Crippen LogP contribution in [0.5, 0.6) is 5.75 Å². The topological polar surface area (TPSA) is 94.9 Å². The van der Waals surface area contributed by atoms with Gasteiger partial charge in [-0.25, -0.2) is 9.87 Å². The maximum atomic E-state index is 15.9. The molecule has 2 fully saturated rings. The molecule has 0 bridgehead atoms. The lowest BCUT2D eigenvalue weighted by Gasteiger charge is -2.41. The van der Waals surface area contributed by atoms with Crippen LogP contribution in [0, 0.1) is 11.3 Å². The van der Waals surface area contributed by atoms with E-state index >= 15 is 4.39 Å². The average Bonchev–Trinajstić information content (AvgIpc) is 2.94. The van der Waals surface area contributed by atoms with Crippen molar-refractivity contribution in [3.63, 3.8) is 0 Å². The second-order valence-electron chi connectivity index (χ2n) is 10.6. The number of methoxy groups -OCH3 is 1. The van der Waals surface area contributed by atoms with E-state index in [1.54, 1.807) is 25.3 Å². The first-order valence-corrected chi connectivity index (χ1v) is 13.4. The number of hydroxylamine groups is 1. The molecule has 1 amide bonds. The number of aromatic nitrogens is 1. The molecule has 1 aromatic carbocycles. The predicted molar refractivity (Wildman–Crippen MR) is 137 cm³/mol. The number of aliphatic hydroxyl groups excluding tert-OH is 1. The summed E-state index contributed by atoms with van der Waals surface area (Å²) in [7, 11) is 1.55. The van der Waals surface area contributed by atoms with Crippen molar-refractivity contribution < 1.29 is 24.2 Å². The predicted octanol–water partition coefficient (Wildman–Crippen LogP) is 5.08.